The molecule has 2 N–H and O–H groups in total. The van der Waals surface area contributed by atoms with Crippen LogP contribution >= 0.6 is 0 Å². The van der Waals surface area contributed by atoms with Crippen LogP contribution in [-0.4, -0.2) is 32.4 Å². The molecule has 2 rings (SSSR count). The fourth-order valence-corrected chi connectivity index (χ4v) is 2.59. The lowest BCUT2D eigenvalue weighted by atomic mass is 10.1. The van der Waals surface area contributed by atoms with Gasteiger partial charge in [0.2, 0.25) is 5.91 Å². The van der Waals surface area contributed by atoms with Crippen LogP contribution in [0.5, 0.6) is 0 Å². The lowest BCUT2D eigenvalue weighted by Gasteiger charge is -2.20. The minimum absolute atomic E-state index is 0.387. The summed E-state index contributed by atoms with van der Waals surface area (Å²) in [6.45, 7) is 1.91. The molecule has 5 nitrogen and oxygen atoms in total. The Morgan fingerprint density at radius 2 is 2.11 bits per heavy atom. The molecule has 0 fully saturated rings. The molecule has 1 aromatic carbocycles. The average Bonchev–Trinajstić information content (AvgIpc) is 2.71. The van der Waals surface area contributed by atoms with Crippen LogP contribution in [0.1, 0.15) is 12.5 Å². The van der Waals surface area contributed by atoms with Gasteiger partial charge in [0.25, 0.3) is 0 Å². The Bertz CT molecular complexity index is 595. The van der Waals surface area contributed by atoms with Crippen molar-refractivity contribution < 1.29 is 13.2 Å². The summed E-state index contributed by atoms with van der Waals surface area (Å²) in [4.78, 5) is 13.7. The normalized spacial score (nSPS) is 16.4. The first-order valence-corrected chi connectivity index (χ1v) is 7.65. The topological polar surface area (TPSA) is 80.5 Å². The predicted octanol–water partition coefficient (Wildman–Crippen LogP) is 0.591. The summed E-state index contributed by atoms with van der Waals surface area (Å²) in [6.07, 6.45) is 1.75. The van der Waals surface area contributed by atoms with Crippen molar-refractivity contribution in [2.24, 2.45) is 0 Å². The van der Waals surface area contributed by atoms with E-state index in [2.05, 4.69) is 0 Å². The van der Waals surface area contributed by atoms with Gasteiger partial charge in [-0.15, -0.1) is 0 Å². The zero-order valence-electron chi connectivity index (χ0n) is 10.4. The molecule has 1 aliphatic heterocycles. The van der Waals surface area contributed by atoms with Gasteiger partial charge < -0.3 is 10.6 Å². The van der Waals surface area contributed by atoms with Crippen LogP contribution in [0.2, 0.25) is 0 Å². The monoisotopic (exact) mass is 268 g/mol. The Labute approximate surface area is 107 Å². The van der Waals surface area contributed by atoms with Crippen molar-refractivity contribution in [3.05, 3.63) is 23.8 Å². The van der Waals surface area contributed by atoms with Gasteiger partial charge in [-0.2, -0.15) is 0 Å². The highest BCUT2D eigenvalue weighted by Gasteiger charge is 2.33. The number of anilines is 2. The van der Waals surface area contributed by atoms with E-state index in [4.69, 9.17) is 5.73 Å². The highest BCUT2D eigenvalue weighted by atomic mass is 32.2. The number of carbonyl (C=O) groups excluding carboxylic acids is 1. The lowest BCUT2D eigenvalue weighted by molar-refractivity contribution is -0.117. The van der Waals surface area contributed by atoms with Gasteiger partial charge in [0.15, 0.2) is 9.84 Å². The summed E-state index contributed by atoms with van der Waals surface area (Å²) in [5, 5.41) is -1.02. The molecule has 6 heteroatoms. The average molecular weight is 268 g/mol. The number of hydrogen-bond acceptors (Lipinski definition) is 4. The van der Waals surface area contributed by atoms with Crippen molar-refractivity contribution in [3.8, 4) is 0 Å². The molecule has 0 aliphatic carbocycles. The summed E-state index contributed by atoms with van der Waals surface area (Å²) in [5.41, 5.74) is 8.14. The van der Waals surface area contributed by atoms with Crippen LogP contribution in [-0.2, 0) is 21.1 Å². The van der Waals surface area contributed by atoms with E-state index in [9.17, 15) is 13.2 Å². The minimum Gasteiger partial charge on any atom is -0.398 e. The Morgan fingerprint density at radius 3 is 2.72 bits per heavy atom. The number of carbonyl (C=O) groups is 1. The molecule has 1 heterocycles. The first-order valence-electron chi connectivity index (χ1n) is 5.70. The first kappa shape index (κ1) is 12.9. The Morgan fingerprint density at radius 1 is 1.44 bits per heavy atom. The quantitative estimate of drug-likeness (QED) is 0.796. The van der Waals surface area contributed by atoms with Crippen molar-refractivity contribution in [2.75, 3.05) is 23.4 Å². The first-order chi connectivity index (χ1) is 8.32. The summed E-state index contributed by atoms with van der Waals surface area (Å²) in [5.74, 6) is -0.387. The third kappa shape index (κ3) is 2.08. The van der Waals surface area contributed by atoms with E-state index in [0.717, 1.165) is 17.5 Å². The van der Waals surface area contributed by atoms with Crippen molar-refractivity contribution in [1.82, 2.24) is 0 Å². The van der Waals surface area contributed by atoms with Gasteiger partial charge in [0.05, 0.1) is 0 Å². The highest BCUT2D eigenvalue weighted by molar-refractivity contribution is 7.92. The molecule has 1 amide bonds. The van der Waals surface area contributed by atoms with Gasteiger partial charge in [-0.25, -0.2) is 8.42 Å². The summed E-state index contributed by atoms with van der Waals surface area (Å²) in [6, 6.07) is 5.35. The maximum atomic E-state index is 12.2. The Balaban J connectivity index is 2.35. The molecule has 0 radical (unpaired) electrons. The van der Waals surface area contributed by atoms with Gasteiger partial charge in [-0.05, 0) is 25.5 Å². The van der Waals surface area contributed by atoms with Gasteiger partial charge in [-0.3, -0.25) is 4.79 Å². The van der Waals surface area contributed by atoms with Crippen LogP contribution in [0, 0.1) is 0 Å². The molecule has 0 saturated carbocycles. The van der Waals surface area contributed by atoms with Gasteiger partial charge in [-0.1, -0.05) is 6.07 Å². The molecule has 0 bridgehead atoms. The number of rotatable bonds is 2. The molecular formula is C12H16N2O3S. The fraction of sp³-hybridized carbons (Fsp3) is 0.417. The van der Waals surface area contributed by atoms with Gasteiger partial charge >= 0.3 is 0 Å². The second-order valence-electron chi connectivity index (χ2n) is 4.56. The number of fused-ring (bicyclic) bond motifs is 1. The molecule has 1 atom stereocenters. The molecule has 0 spiro atoms. The van der Waals surface area contributed by atoms with Crippen LogP contribution in [0.3, 0.4) is 0 Å². The van der Waals surface area contributed by atoms with Crippen LogP contribution in [0.25, 0.3) is 0 Å². The zero-order chi connectivity index (χ0) is 13.5. The number of nitrogens with zero attached hydrogens (tertiary/aromatic N) is 1. The third-order valence-corrected chi connectivity index (χ3v) is 4.81. The van der Waals surface area contributed by atoms with E-state index in [1.54, 1.807) is 18.2 Å². The number of benzene rings is 1. The lowest BCUT2D eigenvalue weighted by Crippen LogP contribution is -2.40. The molecule has 1 aliphatic rings. The largest absolute Gasteiger partial charge is 0.398 e. The molecule has 98 valence electrons. The summed E-state index contributed by atoms with van der Waals surface area (Å²) in [7, 11) is -3.37. The van der Waals surface area contributed by atoms with E-state index < -0.39 is 15.1 Å². The summed E-state index contributed by atoms with van der Waals surface area (Å²) < 4.78 is 22.9. The second kappa shape index (κ2) is 4.28. The van der Waals surface area contributed by atoms with Gasteiger partial charge in [0.1, 0.15) is 5.25 Å². The molecule has 18 heavy (non-hydrogen) atoms. The van der Waals surface area contributed by atoms with E-state index in [1.165, 1.54) is 11.8 Å². The van der Waals surface area contributed by atoms with Gasteiger partial charge in [0, 0.05) is 29.7 Å². The maximum Gasteiger partial charge on any atom is 0.245 e. The van der Waals surface area contributed by atoms with Crippen LogP contribution in [0.4, 0.5) is 11.4 Å². The van der Waals surface area contributed by atoms with E-state index in [1.807, 2.05) is 0 Å². The predicted molar refractivity (Wildman–Crippen MR) is 71.2 cm³/mol. The van der Waals surface area contributed by atoms with Crippen LogP contribution < -0.4 is 10.6 Å². The smallest absolute Gasteiger partial charge is 0.245 e. The number of nitrogens with two attached hydrogens (primary N) is 1. The number of nitrogen functional groups attached to an aromatic ring is 1. The maximum absolute atomic E-state index is 12.2. The standard InChI is InChI=1S/C12H16N2O3S/c1-8(18(2,16)17)12(15)14-7-6-9-10(13)4-3-5-11(9)14/h3-5,8H,6-7,13H2,1-2H3. The van der Waals surface area contributed by atoms with E-state index in [0.29, 0.717) is 18.7 Å². The zero-order valence-corrected chi connectivity index (χ0v) is 11.2. The second-order valence-corrected chi connectivity index (χ2v) is 6.92. The molecule has 0 aromatic heterocycles. The number of sulfone groups is 1. The highest BCUT2D eigenvalue weighted by Crippen LogP contribution is 2.32. The fourth-order valence-electron chi connectivity index (χ4n) is 2.09. The number of hydrogen-bond donors (Lipinski definition) is 1. The molecule has 0 saturated heterocycles. The summed E-state index contributed by atoms with van der Waals surface area (Å²) >= 11 is 0. The molecular weight excluding hydrogens is 252 g/mol. The van der Waals surface area contributed by atoms with Crippen molar-refractivity contribution >= 4 is 27.1 Å². The third-order valence-electron chi connectivity index (χ3n) is 3.32. The minimum atomic E-state index is -3.37. The molecule has 1 aromatic rings. The molecule has 1 unspecified atom stereocenters. The van der Waals surface area contributed by atoms with Crippen molar-refractivity contribution in [2.45, 2.75) is 18.6 Å². The Hall–Kier alpha value is -1.56. The Kier molecular flexibility index (Phi) is 3.06. The van der Waals surface area contributed by atoms with Crippen LogP contribution in [0.15, 0.2) is 18.2 Å². The van der Waals surface area contributed by atoms with Crippen molar-refractivity contribution in [1.29, 1.82) is 0 Å². The van der Waals surface area contributed by atoms with Crippen molar-refractivity contribution in [3.63, 3.8) is 0 Å². The number of amides is 1. The SMILES string of the molecule is CC(C(=O)N1CCc2c(N)cccc21)S(C)(=O)=O. The van der Waals surface area contributed by atoms with E-state index >= 15 is 0 Å². The van der Waals surface area contributed by atoms with E-state index in [-0.39, 0.29) is 5.91 Å².